The molecule has 0 aliphatic heterocycles. The first-order valence-electron chi connectivity index (χ1n) is 6.40. The van der Waals surface area contributed by atoms with Gasteiger partial charge in [0.2, 0.25) is 0 Å². The highest BCUT2D eigenvalue weighted by Gasteiger charge is 2.04. The summed E-state index contributed by atoms with van der Waals surface area (Å²) in [5.41, 5.74) is 3.36. The van der Waals surface area contributed by atoms with Crippen LogP contribution < -0.4 is 0 Å². The van der Waals surface area contributed by atoms with Gasteiger partial charge < -0.3 is 4.98 Å². The summed E-state index contributed by atoms with van der Waals surface area (Å²) in [7, 11) is 0. The number of benzene rings is 2. The number of fused-ring (bicyclic) bond motifs is 1. The Kier molecular flexibility index (Phi) is 2.92. The maximum absolute atomic E-state index is 4.45. The van der Waals surface area contributed by atoms with Gasteiger partial charge in [-0.05, 0) is 23.8 Å². The van der Waals surface area contributed by atoms with Crippen LogP contribution in [0.25, 0.3) is 22.2 Å². The molecule has 0 bridgehead atoms. The molecule has 0 atom stereocenters. The fourth-order valence-electron chi connectivity index (χ4n) is 2.26. The van der Waals surface area contributed by atoms with Crippen molar-refractivity contribution >= 4 is 10.8 Å². The summed E-state index contributed by atoms with van der Waals surface area (Å²) in [5, 5.41) is 2.48. The SMILES string of the molecule is C=C(C)Cc1cnc(-c2ccc3ccccc3c2)[nH]1. The van der Waals surface area contributed by atoms with Crippen LogP contribution in [0.4, 0.5) is 0 Å². The molecule has 3 rings (SSSR count). The van der Waals surface area contributed by atoms with E-state index in [1.807, 2.05) is 13.1 Å². The highest BCUT2D eigenvalue weighted by atomic mass is 14.9. The topological polar surface area (TPSA) is 28.7 Å². The van der Waals surface area contributed by atoms with E-state index in [1.54, 1.807) is 0 Å². The number of hydrogen-bond donors (Lipinski definition) is 1. The van der Waals surface area contributed by atoms with Crippen LogP contribution >= 0.6 is 0 Å². The summed E-state index contributed by atoms with van der Waals surface area (Å²) < 4.78 is 0. The van der Waals surface area contributed by atoms with Crippen LogP contribution in [0, 0.1) is 0 Å². The van der Waals surface area contributed by atoms with Crippen molar-refractivity contribution in [1.82, 2.24) is 9.97 Å². The third kappa shape index (κ3) is 2.43. The van der Waals surface area contributed by atoms with Crippen LogP contribution in [0.1, 0.15) is 12.6 Å². The average Bonchev–Trinajstić information content (AvgIpc) is 2.86. The highest BCUT2D eigenvalue weighted by molar-refractivity contribution is 5.86. The van der Waals surface area contributed by atoms with E-state index in [4.69, 9.17) is 0 Å². The number of aromatic nitrogens is 2. The van der Waals surface area contributed by atoms with Crippen LogP contribution in [0.15, 0.2) is 60.8 Å². The Hall–Kier alpha value is -2.35. The van der Waals surface area contributed by atoms with E-state index in [-0.39, 0.29) is 0 Å². The van der Waals surface area contributed by atoms with E-state index in [0.717, 1.165) is 29.1 Å². The zero-order chi connectivity index (χ0) is 13.2. The van der Waals surface area contributed by atoms with Crippen molar-refractivity contribution in [2.75, 3.05) is 0 Å². The molecule has 94 valence electrons. The van der Waals surface area contributed by atoms with Crippen LogP contribution in [-0.2, 0) is 6.42 Å². The van der Waals surface area contributed by atoms with Crippen molar-refractivity contribution in [3.05, 3.63) is 66.5 Å². The van der Waals surface area contributed by atoms with Crippen LogP contribution in [0.2, 0.25) is 0 Å². The van der Waals surface area contributed by atoms with E-state index < -0.39 is 0 Å². The normalized spacial score (nSPS) is 10.8. The Morgan fingerprint density at radius 2 is 1.95 bits per heavy atom. The van der Waals surface area contributed by atoms with Gasteiger partial charge in [-0.2, -0.15) is 0 Å². The van der Waals surface area contributed by atoms with Crippen molar-refractivity contribution in [2.24, 2.45) is 0 Å². The van der Waals surface area contributed by atoms with Crippen LogP contribution in [-0.4, -0.2) is 9.97 Å². The van der Waals surface area contributed by atoms with E-state index in [0.29, 0.717) is 0 Å². The van der Waals surface area contributed by atoms with Crippen molar-refractivity contribution in [1.29, 1.82) is 0 Å². The first kappa shape index (κ1) is 11.7. The first-order chi connectivity index (χ1) is 9.22. The number of imidazole rings is 1. The number of nitrogens with zero attached hydrogens (tertiary/aromatic N) is 1. The molecule has 2 heteroatoms. The molecule has 0 aliphatic rings. The standard InChI is InChI=1S/C17H16N2/c1-12(2)9-16-11-18-17(19-16)15-8-7-13-5-3-4-6-14(13)10-15/h3-8,10-11H,1,9H2,2H3,(H,18,19). The molecular formula is C17H16N2. The van der Waals surface area contributed by atoms with Crippen molar-refractivity contribution < 1.29 is 0 Å². The smallest absolute Gasteiger partial charge is 0.137 e. The van der Waals surface area contributed by atoms with Gasteiger partial charge in [0.1, 0.15) is 5.82 Å². The first-order valence-corrected chi connectivity index (χ1v) is 6.40. The number of nitrogens with one attached hydrogen (secondary N) is 1. The lowest BCUT2D eigenvalue weighted by Crippen LogP contribution is -1.86. The summed E-state index contributed by atoms with van der Waals surface area (Å²) in [6.07, 6.45) is 2.74. The number of allylic oxidation sites excluding steroid dienone is 1. The van der Waals surface area contributed by atoms with E-state index in [9.17, 15) is 0 Å². The Morgan fingerprint density at radius 1 is 1.16 bits per heavy atom. The predicted octanol–water partition coefficient (Wildman–Crippen LogP) is 4.35. The molecule has 0 spiro atoms. The minimum absolute atomic E-state index is 0.848. The second-order valence-corrected chi connectivity index (χ2v) is 4.95. The summed E-state index contributed by atoms with van der Waals surface area (Å²) >= 11 is 0. The molecule has 2 aromatic carbocycles. The summed E-state index contributed by atoms with van der Waals surface area (Å²) in [6.45, 7) is 5.95. The molecule has 2 nitrogen and oxygen atoms in total. The Balaban J connectivity index is 1.99. The highest BCUT2D eigenvalue weighted by Crippen LogP contribution is 2.22. The maximum atomic E-state index is 4.45. The largest absolute Gasteiger partial charge is 0.342 e. The molecule has 0 unspecified atom stereocenters. The molecule has 3 aromatic rings. The van der Waals surface area contributed by atoms with E-state index in [1.165, 1.54) is 10.8 Å². The van der Waals surface area contributed by atoms with Crippen LogP contribution in [0.5, 0.6) is 0 Å². The lowest BCUT2D eigenvalue weighted by Gasteiger charge is -2.01. The van der Waals surface area contributed by atoms with Gasteiger partial charge in [0.15, 0.2) is 0 Å². The Morgan fingerprint density at radius 3 is 2.74 bits per heavy atom. The van der Waals surface area contributed by atoms with Gasteiger partial charge in [0.05, 0.1) is 0 Å². The van der Waals surface area contributed by atoms with Gasteiger partial charge in [-0.25, -0.2) is 4.98 Å². The van der Waals surface area contributed by atoms with E-state index in [2.05, 4.69) is 59.0 Å². The second-order valence-electron chi connectivity index (χ2n) is 4.95. The van der Waals surface area contributed by atoms with Gasteiger partial charge in [0, 0.05) is 23.9 Å². The molecule has 0 radical (unpaired) electrons. The molecule has 1 aromatic heterocycles. The van der Waals surface area contributed by atoms with Gasteiger partial charge in [0.25, 0.3) is 0 Å². The zero-order valence-corrected chi connectivity index (χ0v) is 11.0. The number of rotatable bonds is 3. The average molecular weight is 248 g/mol. The fourth-order valence-corrected chi connectivity index (χ4v) is 2.26. The monoisotopic (exact) mass is 248 g/mol. The lowest BCUT2D eigenvalue weighted by molar-refractivity contribution is 1.08. The van der Waals surface area contributed by atoms with Crippen molar-refractivity contribution in [3.8, 4) is 11.4 Å². The fraction of sp³-hybridized carbons (Fsp3) is 0.118. The molecule has 1 heterocycles. The summed E-state index contributed by atoms with van der Waals surface area (Å²) in [6, 6.07) is 14.8. The minimum atomic E-state index is 0.848. The molecule has 0 fully saturated rings. The summed E-state index contributed by atoms with van der Waals surface area (Å²) in [4.78, 5) is 7.80. The van der Waals surface area contributed by atoms with Crippen molar-refractivity contribution in [3.63, 3.8) is 0 Å². The maximum Gasteiger partial charge on any atom is 0.137 e. The molecule has 0 amide bonds. The molecular weight excluding hydrogens is 232 g/mol. The van der Waals surface area contributed by atoms with E-state index >= 15 is 0 Å². The minimum Gasteiger partial charge on any atom is -0.342 e. The Labute approximate surface area is 112 Å². The van der Waals surface area contributed by atoms with Crippen LogP contribution in [0.3, 0.4) is 0 Å². The van der Waals surface area contributed by atoms with Gasteiger partial charge in [-0.3, -0.25) is 0 Å². The predicted molar refractivity (Wildman–Crippen MR) is 80.0 cm³/mol. The summed E-state index contributed by atoms with van der Waals surface area (Å²) in [5.74, 6) is 0.919. The molecule has 0 saturated carbocycles. The number of aromatic amines is 1. The zero-order valence-electron chi connectivity index (χ0n) is 11.0. The van der Waals surface area contributed by atoms with Crippen molar-refractivity contribution in [2.45, 2.75) is 13.3 Å². The second kappa shape index (κ2) is 4.73. The number of H-pyrrole nitrogens is 1. The van der Waals surface area contributed by atoms with Gasteiger partial charge in [-0.1, -0.05) is 48.6 Å². The van der Waals surface area contributed by atoms with Gasteiger partial charge >= 0.3 is 0 Å². The Bertz CT molecular complexity index is 738. The molecule has 0 saturated heterocycles. The van der Waals surface area contributed by atoms with Gasteiger partial charge in [-0.15, -0.1) is 0 Å². The number of hydrogen-bond acceptors (Lipinski definition) is 1. The molecule has 1 N–H and O–H groups in total. The molecule has 0 aliphatic carbocycles. The third-order valence-corrected chi connectivity index (χ3v) is 3.14. The quantitative estimate of drug-likeness (QED) is 0.686. The molecule has 19 heavy (non-hydrogen) atoms. The third-order valence-electron chi connectivity index (χ3n) is 3.14. The lowest BCUT2D eigenvalue weighted by atomic mass is 10.1.